The summed E-state index contributed by atoms with van der Waals surface area (Å²) in [5.74, 6) is 0.533. The summed E-state index contributed by atoms with van der Waals surface area (Å²) in [5, 5.41) is 16.2. The van der Waals surface area contributed by atoms with Crippen LogP contribution >= 0.6 is 15.9 Å². The largest absolute Gasteiger partial charge is 0.503 e. The van der Waals surface area contributed by atoms with Gasteiger partial charge < -0.3 is 9.84 Å². The summed E-state index contributed by atoms with van der Waals surface area (Å²) < 4.78 is 5.65. The Morgan fingerprint density at radius 1 is 1.40 bits per heavy atom. The molecule has 1 aromatic carbocycles. The highest BCUT2D eigenvalue weighted by Crippen LogP contribution is 2.38. The average Bonchev–Trinajstić information content (AvgIpc) is 2.75. The lowest BCUT2D eigenvalue weighted by molar-refractivity contribution is 0.372. The van der Waals surface area contributed by atoms with Crippen LogP contribution in [0.25, 0.3) is 11.1 Å². The van der Waals surface area contributed by atoms with Gasteiger partial charge in [-0.2, -0.15) is 5.10 Å². The van der Waals surface area contributed by atoms with Crippen molar-refractivity contribution in [1.82, 2.24) is 10.2 Å². The fourth-order valence-corrected chi connectivity index (χ4v) is 1.75. The molecule has 78 valence electrons. The number of aromatic hydroxyl groups is 1. The van der Waals surface area contributed by atoms with E-state index < -0.39 is 0 Å². The van der Waals surface area contributed by atoms with Crippen LogP contribution in [0.1, 0.15) is 0 Å². The van der Waals surface area contributed by atoms with Crippen molar-refractivity contribution in [2.75, 3.05) is 7.11 Å². The number of hydrogen-bond donors (Lipinski definition) is 2. The maximum Gasteiger partial charge on any atom is 0.172 e. The molecular weight excluding hydrogens is 260 g/mol. The number of benzene rings is 1. The van der Waals surface area contributed by atoms with Gasteiger partial charge in [-0.05, 0) is 33.6 Å². The normalized spacial score (nSPS) is 10.3. The number of ether oxygens (including phenoxy) is 1. The third-order valence-corrected chi connectivity index (χ3v) is 2.68. The third-order valence-electron chi connectivity index (χ3n) is 2.08. The topological polar surface area (TPSA) is 58.1 Å². The zero-order valence-corrected chi connectivity index (χ0v) is 9.58. The van der Waals surface area contributed by atoms with Crippen molar-refractivity contribution in [3.63, 3.8) is 0 Å². The summed E-state index contributed by atoms with van der Waals surface area (Å²) >= 11 is 3.26. The van der Waals surface area contributed by atoms with E-state index in [0.717, 1.165) is 11.1 Å². The van der Waals surface area contributed by atoms with E-state index in [4.69, 9.17) is 4.74 Å². The smallest absolute Gasteiger partial charge is 0.172 e. The molecule has 1 heterocycles. The minimum atomic E-state index is 0.102. The van der Waals surface area contributed by atoms with Crippen LogP contribution in [0.5, 0.6) is 11.5 Å². The van der Waals surface area contributed by atoms with Crippen LogP contribution in [0, 0.1) is 0 Å². The molecule has 2 N–H and O–H groups in total. The number of phenols is 1. The second-order valence-corrected chi connectivity index (χ2v) is 3.85. The molecule has 5 heteroatoms. The molecular formula is C10H9BrN2O2. The lowest BCUT2D eigenvalue weighted by atomic mass is 10.1. The highest BCUT2D eigenvalue weighted by atomic mass is 79.9. The lowest BCUT2D eigenvalue weighted by Crippen LogP contribution is -1.86. The molecule has 0 spiro atoms. The Morgan fingerprint density at radius 2 is 2.20 bits per heavy atom. The van der Waals surface area contributed by atoms with Crippen LogP contribution in [-0.2, 0) is 0 Å². The molecule has 1 aromatic heterocycles. The number of aromatic amines is 1. The fourth-order valence-electron chi connectivity index (χ4n) is 1.30. The maximum absolute atomic E-state index is 9.62. The third kappa shape index (κ3) is 1.83. The van der Waals surface area contributed by atoms with E-state index in [1.807, 2.05) is 6.07 Å². The number of rotatable bonds is 2. The van der Waals surface area contributed by atoms with Gasteiger partial charge in [-0.25, -0.2) is 0 Å². The molecule has 0 aliphatic carbocycles. The van der Waals surface area contributed by atoms with E-state index in [0.29, 0.717) is 10.2 Å². The number of hydrogen-bond acceptors (Lipinski definition) is 3. The Labute approximate surface area is 95.0 Å². The van der Waals surface area contributed by atoms with Gasteiger partial charge in [-0.15, -0.1) is 0 Å². The van der Waals surface area contributed by atoms with Crippen LogP contribution in [-0.4, -0.2) is 22.4 Å². The Morgan fingerprint density at radius 3 is 2.80 bits per heavy atom. The van der Waals surface area contributed by atoms with E-state index in [1.54, 1.807) is 18.5 Å². The summed E-state index contributed by atoms with van der Waals surface area (Å²) in [6, 6.07) is 3.56. The van der Waals surface area contributed by atoms with Gasteiger partial charge in [-0.1, -0.05) is 0 Å². The number of nitrogens with zero attached hydrogens (tertiary/aromatic N) is 1. The van der Waals surface area contributed by atoms with Gasteiger partial charge in [0.1, 0.15) is 0 Å². The highest BCUT2D eigenvalue weighted by Gasteiger charge is 2.09. The first-order chi connectivity index (χ1) is 7.22. The molecule has 2 rings (SSSR count). The quantitative estimate of drug-likeness (QED) is 0.880. The SMILES string of the molecule is COc1cc(-c2cn[nH]c2)cc(Br)c1O. The molecule has 0 amide bonds. The second-order valence-electron chi connectivity index (χ2n) is 3.00. The second kappa shape index (κ2) is 3.94. The van der Waals surface area contributed by atoms with Crippen molar-refractivity contribution in [1.29, 1.82) is 0 Å². The summed E-state index contributed by atoms with van der Waals surface area (Å²) in [6.45, 7) is 0. The van der Waals surface area contributed by atoms with E-state index in [2.05, 4.69) is 26.1 Å². The molecule has 0 aliphatic heterocycles. The van der Waals surface area contributed by atoms with E-state index >= 15 is 0 Å². The highest BCUT2D eigenvalue weighted by molar-refractivity contribution is 9.10. The van der Waals surface area contributed by atoms with Crippen molar-refractivity contribution in [2.45, 2.75) is 0 Å². The number of phenolic OH excluding ortho intramolecular Hbond substituents is 1. The van der Waals surface area contributed by atoms with Crippen LogP contribution in [0.15, 0.2) is 29.0 Å². The molecule has 0 aliphatic rings. The molecule has 0 saturated carbocycles. The first-order valence-corrected chi connectivity index (χ1v) is 5.07. The average molecular weight is 269 g/mol. The fraction of sp³-hybridized carbons (Fsp3) is 0.100. The Balaban J connectivity index is 2.55. The van der Waals surface area contributed by atoms with Crippen molar-refractivity contribution in [2.24, 2.45) is 0 Å². The van der Waals surface area contributed by atoms with Gasteiger partial charge in [0.25, 0.3) is 0 Å². The van der Waals surface area contributed by atoms with Gasteiger partial charge in [-0.3, -0.25) is 5.10 Å². The molecule has 0 unspecified atom stereocenters. The zero-order chi connectivity index (χ0) is 10.8. The number of methoxy groups -OCH3 is 1. The van der Waals surface area contributed by atoms with E-state index in [-0.39, 0.29) is 5.75 Å². The van der Waals surface area contributed by atoms with Crippen molar-refractivity contribution in [3.8, 4) is 22.6 Å². The standard InChI is InChI=1S/C10H9BrN2O2/c1-15-9-3-6(2-8(11)10(9)14)7-4-12-13-5-7/h2-5,14H,1H3,(H,12,13). The zero-order valence-electron chi connectivity index (χ0n) is 7.99. The Hall–Kier alpha value is -1.49. The van der Waals surface area contributed by atoms with E-state index in [1.165, 1.54) is 7.11 Å². The molecule has 0 radical (unpaired) electrons. The molecule has 0 fully saturated rings. The van der Waals surface area contributed by atoms with Crippen molar-refractivity contribution in [3.05, 3.63) is 29.0 Å². The predicted octanol–water partition coefficient (Wildman–Crippen LogP) is 2.55. The van der Waals surface area contributed by atoms with Crippen LogP contribution in [0.3, 0.4) is 0 Å². The number of halogens is 1. The maximum atomic E-state index is 9.62. The first kappa shape index (κ1) is 10.0. The minimum Gasteiger partial charge on any atom is -0.503 e. The van der Waals surface area contributed by atoms with Crippen LogP contribution in [0.2, 0.25) is 0 Å². The van der Waals surface area contributed by atoms with Crippen LogP contribution in [0.4, 0.5) is 0 Å². The molecule has 2 aromatic rings. The van der Waals surface area contributed by atoms with Gasteiger partial charge in [0, 0.05) is 11.8 Å². The summed E-state index contributed by atoms with van der Waals surface area (Å²) in [5.41, 5.74) is 1.86. The lowest BCUT2D eigenvalue weighted by Gasteiger charge is -2.07. The number of H-pyrrole nitrogens is 1. The summed E-state index contributed by atoms with van der Waals surface area (Å²) in [7, 11) is 1.51. The van der Waals surface area contributed by atoms with Gasteiger partial charge >= 0.3 is 0 Å². The summed E-state index contributed by atoms with van der Waals surface area (Å²) in [4.78, 5) is 0. The molecule has 0 atom stereocenters. The number of aromatic nitrogens is 2. The van der Waals surface area contributed by atoms with Gasteiger partial charge in [0.15, 0.2) is 11.5 Å². The van der Waals surface area contributed by atoms with Crippen molar-refractivity contribution >= 4 is 15.9 Å². The Kier molecular flexibility index (Phi) is 2.64. The van der Waals surface area contributed by atoms with E-state index in [9.17, 15) is 5.11 Å². The minimum absolute atomic E-state index is 0.102. The van der Waals surface area contributed by atoms with Gasteiger partial charge in [0.05, 0.1) is 17.8 Å². The predicted molar refractivity (Wildman–Crippen MR) is 59.9 cm³/mol. The number of nitrogens with one attached hydrogen (secondary N) is 1. The first-order valence-electron chi connectivity index (χ1n) is 4.28. The monoisotopic (exact) mass is 268 g/mol. The van der Waals surface area contributed by atoms with Crippen molar-refractivity contribution < 1.29 is 9.84 Å². The summed E-state index contributed by atoms with van der Waals surface area (Å²) in [6.07, 6.45) is 3.48. The molecule has 0 saturated heterocycles. The molecule has 4 nitrogen and oxygen atoms in total. The van der Waals surface area contributed by atoms with Gasteiger partial charge in [0.2, 0.25) is 0 Å². The Bertz CT molecular complexity index is 469. The van der Waals surface area contributed by atoms with Crippen LogP contribution < -0.4 is 4.74 Å². The molecule has 0 bridgehead atoms. The molecule has 15 heavy (non-hydrogen) atoms.